The minimum atomic E-state index is -0.861. The molecule has 1 unspecified atom stereocenters. The molecule has 0 aliphatic carbocycles. The third-order valence-corrected chi connectivity index (χ3v) is 4.58. The number of hydrogen-bond donors (Lipinski definition) is 1. The molecule has 0 bridgehead atoms. The normalized spacial score (nSPS) is 20.9. The summed E-state index contributed by atoms with van der Waals surface area (Å²) in [6.07, 6.45) is 0.732. The Bertz CT molecular complexity index is 633. The first-order valence-corrected chi connectivity index (χ1v) is 7.39. The van der Waals surface area contributed by atoms with Crippen molar-refractivity contribution in [3.63, 3.8) is 0 Å². The lowest BCUT2D eigenvalue weighted by Gasteiger charge is -2.28. The van der Waals surface area contributed by atoms with Crippen molar-refractivity contribution in [2.75, 3.05) is 13.1 Å². The molecule has 1 aromatic rings. The molecule has 0 saturated carbocycles. The van der Waals surface area contributed by atoms with E-state index in [0.29, 0.717) is 18.5 Å². The summed E-state index contributed by atoms with van der Waals surface area (Å²) in [6, 6.07) is 9.04. The van der Waals surface area contributed by atoms with Crippen molar-refractivity contribution < 1.29 is 14.7 Å². The van der Waals surface area contributed by atoms with Gasteiger partial charge in [0, 0.05) is 18.7 Å². The molecule has 1 atom stereocenters. The number of likely N-dealkylation sites (tertiary alicyclic amines) is 1. The van der Waals surface area contributed by atoms with Gasteiger partial charge in [0.25, 0.3) is 5.91 Å². The summed E-state index contributed by atoms with van der Waals surface area (Å²) >= 11 is 0. The predicted octanol–water partition coefficient (Wildman–Crippen LogP) is 2.33. The number of carboxylic acid groups (broad SMARTS) is 1. The molecule has 116 valence electrons. The quantitative estimate of drug-likeness (QED) is 0.925. The number of nitrogens with zero attached hydrogens (tertiary/aromatic N) is 2. The van der Waals surface area contributed by atoms with Gasteiger partial charge in [0.05, 0.1) is 17.9 Å². The van der Waals surface area contributed by atoms with Gasteiger partial charge in [-0.15, -0.1) is 0 Å². The highest BCUT2D eigenvalue weighted by Crippen LogP contribution is 2.38. The molecule has 5 heteroatoms. The van der Waals surface area contributed by atoms with Gasteiger partial charge in [-0.1, -0.05) is 26.0 Å². The topological polar surface area (TPSA) is 81.4 Å². The highest BCUT2D eigenvalue weighted by Gasteiger charge is 2.48. The summed E-state index contributed by atoms with van der Waals surface area (Å²) < 4.78 is 0. The zero-order chi connectivity index (χ0) is 16.3. The van der Waals surface area contributed by atoms with Crippen molar-refractivity contribution in [2.45, 2.75) is 26.7 Å². The molecule has 5 nitrogen and oxygen atoms in total. The molecule has 1 N–H and O–H groups in total. The van der Waals surface area contributed by atoms with E-state index in [0.717, 1.165) is 5.56 Å². The minimum Gasteiger partial charge on any atom is -0.481 e. The molecule has 0 spiro atoms. The number of carbonyl (C=O) groups excluding carboxylic acids is 1. The summed E-state index contributed by atoms with van der Waals surface area (Å²) in [6.45, 7) is 4.46. The Morgan fingerprint density at radius 3 is 2.73 bits per heavy atom. The molecular weight excluding hydrogens is 280 g/mol. The first-order chi connectivity index (χ1) is 10.4. The summed E-state index contributed by atoms with van der Waals surface area (Å²) in [4.78, 5) is 25.8. The Morgan fingerprint density at radius 2 is 2.18 bits per heavy atom. The van der Waals surface area contributed by atoms with Gasteiger partial charge in [-0.25, -0.2) is 0 Å². The average molecular weight is 300 g/mol. The van der Waals surface area contributed by atoms with Gasteiger partial charge in [-0.3, -0.25) is 9.59 Å². The Kier molecular flexibility index (Phi) is 4.51. The predicted molar refractivity (Wildman–Crippen MR) is 81.2 cm³/mol. The van der Waals surface area contributed by atoms with Crippen LogP contribution < -0.4 is 0 Å². The highest BCUT2D eigenvalue weighted by molar-refractivity contribution is 5.95. The van der Waals surface area contributed by atoms with E-state index in [2.05, 4.69) is 6.07 Å². The summed E-state index contributed by atoms with van der Waals surface area (Å²) in [7, 11) is 0. The van der Waals surface area contributed by atoms with E-state index in [1.165, 1.54) is 0 Å². The Labute approximate surface area is 130 Å². The monoisotopic (exact) mass is 300 g/mol. The van der Waals surface area contributed by atoms with Crippen LogP contribution in [0.3, 0.4) is 0 Å². The summed E-state index contributed by atoms with van der Waals surface area (Å²) in [5, 5.41) is 18.3. The summed E-state index contributed by atoms with van der Waals surface area (Å²) in [5.41, 5.74) is 0.443. The lowest BCUT2D eigenvalue weighted by Crippen LogP contribution is -2.40. The second-order valence-electron chi connectivity index (χ2n) is 6.13. The van der Waals surface area contributed by atoms with Crippen molar-refractivity contribution in [1.82, 2.24) is 4.90 Å². The number of hydrogen-bond acceptors (Lipinski definition) is 3. The molecule has 1 heterocycles. The molecule has 1 amide bonds. The number of nitriles is 1. The maximum Gasteiger partial charge on any atom is 0.311 e. The maximum atomic E-state index is 12.6. The fraction of sp³-hybridized carbons (Fsp3) is 0.471. The van der Waals surface area contributed by atoms with E-state index in [1.54, 1.807) is 29.2 Å². The van der Waals surface area contributed by atoms with Gasteiger partial charge in [0.1, 0.15) is 0 Å². The molecule has 1 aliphatic rings. The fourth-order valence-corrected chi connectivity index (χ4v) is 2.99. The number of benzene rings is 1. The van der Waals surface area contributed by atoms with Gasteiger partial charge < -0.3 is 10.0 Å². The highest BCUT2D eigenvalue weighted by atomic mass is 16.4. The van der Waals surface area contributed by atoms with Crippen molar-refractivity contribution in [1.29, 1.82) is 5.26 Å². The number of carboxylic acids is 1. The van der Waals surface area contributed by atoms with Crippen molar-refractivity contribution in [3.05, 3.63) is 35.4 Å². The molecular formula is C17H20N2O3. The van der Waals surface area contributed by atoms with Gasteiger partial charge in [-0.05, 0) is 30.0 Å². The molecule has 0 radical (unpaired) electrons. The van der Waals surface area contributed by atoms with Crippen LogP contribution in [0.2, 0.25) is 0 Å². The first kappa shape index (κ1) is 16.0. The number of amides is 1. The molecule has 1 saturated heterocycles. The van der Waals surface area contributed by atoms with Crippen LogP contribution in [0, 0.1) is 22.7 Å². The van der Waals surface area contributed by atoms with Crippen LogP contribution in [0.15, 0.2) is 24.3 Å². The lowest BCUT2D eigenvalue weighted by molar-refractivity contribution is -0.150. The largest absolute Gasteiger partial charge is 0.481 e. The SMILES string of the molecule is CC(C)C1(C(=O)O)CCN(C(=O)c2cccc(CC#N)c2)C1. The third-order valence-electron chi connectivity index (χ3n) is 4.58. The van der Waals surface area contributed by atoms with E-state index in [9.17, 15) is 14.7 Å². The van der Waals surface area contributed by atoms with Crippen molar-refractivity contribution in [2.24, 2.45) is 11.3 Å². The number of aliphatic carboxylic acids is 1. The van der Waals surface area contributed by atoms with Crippen LogP contribution in [-0.4, -0.2) is 35.0 Å². The van der Waals surface area contributed by atoms with Crippen molar-refractivity contribution >= 4 is 11.9 Å². The van der Waals surface area contributed by atoms with E-state index >= 15 is 0 Å². The second kappa shape index (κ2) is 6.18. The average Bonchev–Trinajstić information content (AvgIpc) is 2.94. The summed E-state index contributed by atoms with van der Waals surface area (Å²) in [5.74, 6) is -1.03. The van der Waals surface area contributed by atoms with Gasteiger partial charge >= 0.3 is 5.97 Å². The van der Waals surface area contributed by atoms with Crippen LogP contribution in [-0.2, 0) is 11.2 Å². The molecule has 2 rings (SSSR count). The number of carbonyl (C=O) groups is 2. The lowest BCUT2D eigenvalue weighted by atomic mass is 9.76. The molecule has 0 aromatic heterocycles. The van der Waals surface area contributed by atoms with Gasteiger partial charge in [0.15, 0.2) is 0 Å². The minimum absolute atomic E-state index is 0.0345. The Morgan fingerprint density at radius 1 is 1.45 bits per heavy atom. The van der Waals surface area contributed by atoms with E-state index < -0.39 is 11.4 Å². The molecule has 1 aliphatic heterocycles. The van der Waals surface area contributed by atoms with E-state index in [1.807, 2.05) is 13.8 Å². The standard InChI is InChI=1S/C17H20N2O3/c1-12(2)17(16(21)22)7-9-19(11-17)15(20)14-5-3-4-13(10-14)6-8-18/h3-5,10,12H,6-7,9,11H2,1-2H3,(H,21,22). The zero-order valence-corrected chi connectivity index (χ0v) is 12.9. The smallest absolute Gasteiger partial charge is 0.311 e. The van der Waals surface area contributed by atoms with Crippen LogP contribution in [0.5, 0.6) is 0 Å². The van der Waals surface area contributed by atoms with Crippen LogP contribution >= 0.6 is 0 Å². The Hall–Kier alpha value is -2.35. The van der Waals surface area contributed by atoms with Gasteiger partial charge in [-0.2, -0.15) is 5.26 Å². The number of rotatable bonds is 4. The molecule has 22 heavy (non-hydrogen) atoms. The fourth-order valence-electron chi connectivity index (χ4n) is 2.99. The van der Waals surface area contributed by atoms with E-state index in [-0.39, 0.29) is 24.8 Å². The molecule has 1 aromatic carbocycles. The first-order valence-electron chi connectivity index (χ1n) is 7.39. The van der Waals surface area contributed by atoms with Crippen LogP contribution in [0.4, 0.5) is 0 Å². The maximum absolute atomic E-state index is 12.6. The third kappa shape index (κ3) is 2.82. The van der Waals surface area contributed by atoms with E-state index in [4.69, 9.17) is 5.26 Å². The molecule has 1 fully saturated rings. The van der Waals surface area contributed by atoms with Gasteiger partial charge in [0.2, 0.25) is 0 Å². The van der Waals surface area contributed by atoms with Crippen LogP contribution in [0.25, 0.3) is 0 Å². The zero-order valence-electron chi connectivity index (χ0n) is 12.9. The van der Waals surface area contributed by atoms with Crippen molar-refractivity contribution in [3.8, 4) is 6.07 Å². The second-order valence-corrected chi connectivity index (χ2v) is 6.13. The Balaban J connectivity index is 2.20. The van der Waals surface area contributed by atoms with Crippen LogP contribution in [0.1, 0.15) is 36.2 Å².